The van der Waals surface area contributed by atoms with Gasteiger partial charge in [-0.3, -0.25) is 9.48 Å². The van der Waals surface area contributed by atoms with Crippen molar-refractivity contribution in [3.05, 3.63) is 18.0 Å². The fraction of sp³-hybridized carbons (Fsp3) is 0.636. The van der Waals surface area contributed by atoms with Gasteiger partial charge in [0.2, 0.25) is 5.91 Å². The summed E-state index contributed by atoms with van der Waals surface area (Å²) in [4.78, 5) is 11.5. The maximum absolute atomic E-state index is 11.5. The molecule has 0 aromatic carbocycles. The topological polar surface area (TPSA) is 58.9 Å². The average Bonchev–Trinajstić information content (AvgIpc) is 2.69. The quantitative estimate of drug-likeness (QED) is 0.731. The summed E-state index contributed by atoms with van der Waals surface area (Å²) in [6, 6.07) is 0.302. The fourth-order valence-electron chi connectivity index (χ4n) is 1.26. The Kier molecular flexibility index (Phi) is 4.98. The molecule has 1 rings (SSSR count). The van der Waals surface area contributed by atoms with E-state index in [1.54, 1.807) is 10.9 Å². The van der Waals surface area contributed by atoms with Crippen molar-refractivity contribution in [1.82, 2.24) is 20.4 Å². The molecule has 0 saturated carbocycles. The van der Waals surface area contributed by atoms with Crippen LogP contribution in [-0.4, -0.2) is 35.3 Å². The Labute approximate surface area is 96.2 Å². The zero-order chi connectivity index (χ0) is 12.0. The van der Waals surface area contributed by atoms with E-state index in [2.05, 4.69) is 15.7 Å². The lowest BCUT2D eigenvalue weighted by molar-refractivity contribution is -0.121. The Balaban J connectivity index is 2.20. The molecule has 2 N–H and O–H groups in total. The number of aryl methyl sites for hydroxylation is 2. The van der Waals surface area contributed by atoms with Gasteiger partial charge in [0.1, 0.15) is 0 Å². The molecule has 0 aliphatic heterocycles. The van der Waals surface area contributed by atoms with E-state index >= 15 is 0 Å². The summed E-state index contributed by atoms with van der Waals surface area (Å²) in [5, 5.41) is 10.1. The molecular weight excluding hydrogens is 204 g/mol. The van der Waals surface area contributed by atoms with Gasteiger partial charge in [0, 0.05) is 31.7 Å². The minimum atomic E-state index is 0.0650. The molecule has 1 aromatic rings. The molecule has 1 amide bonds. The molecule has 1 heterocycles. The van der Waals surface area contributed by atoms with E-state index in [4.69, 9.17) is 0 Å². The van der Waals surface area contributed by atoms with Crippen LogP contribution in [0.3, 0.4) is 0 Å². The van der Waals surface area contributed by atoms with Crippen molar-refractivity contribution in [3.8, 4) is 0 Å². The molecule has 1 aromatic heterocycles. The van der Waals surface area contributed by atoms with E-state index in [-0.39, 0.29) is 5.91 Å². The molecular formula is C11H20N4O. The Morgan fingerprint density at radius 3 is 2.94 bits per heavy atom. The first-order valence-corrected chi connectivity index (χ1v) is 5.55. The van der Waals surface area contributed by atoms with Gasteiger partial charge in [-0.05, 0) is 26.5 Å². The van der Waals surface area contributed by atoms with Crippen molar-refractivity contribution < 1.29 is 4.79 Å². The smallest absolute Gasteiger partial charge is 0.221 e. The van der Waals surface area contributed by atoms with Crippen LogP contribution in [-0.2, 0) is 11.3 Å². The summed E-state index contributed by atoms with van der Waals surface area (Å²) >= 11 is 0. The lowest BCUT2D eigenvalue weighted by Gasteiger charge is -2.11. The van der Waals surface area contributed by atoms with E-state index in [9.17, 15) is 4.79 Å². The van der Waals surface area contributed by atoms with Gasteiger partial charge in [0.05, 0.1) is 6.20 Å². The van der Waals surface area contributed by atoms with Gasteiger partial charge in [0.25, 0.3) is 0 Å². The predicted octanol–water partition coefficient (Wildman–Crippen LogP) is 0.306. The molecule has 0 radical (unpaired) electrons. The standard InChI is InChI=1S/C11H20N4O/c1-9-6-14-15(8-9)5-4-11(16)13-7-10(2)12-3/h6,8,10,12H,4-5,7H2,1-3H3,(H,13,16). The molecule has 16 heavy (non-hydrogen) atoms. The van der Waals surface area contributed by atoms with Crippen LogP contribution in [0.2, 0.25) is 0 Å². The van der Waals surface area contributed by atoms with E-state index in [0.29, 0.717) is 25.6 Å². The van der Waals surface area contributed by atoms with Gasteiger partial charge in [-0.15, -0.1) is 0 Å². The zero-order valence-corrected chi connectivity index (χ0v) is 10.2. The largest absolute Gasteiger partial charge is 0.354 e. The van der Waals surface area contributed by atoms with Crippen molar-refractivity contribution in [2.75, 3.05) is 13.6 Å². The predicted molar refractivity (Wildman–Crippen MR) is 63.1 cm³/mol. The number of carbonyl (C=O) groups is 1. The first-order chi connectivity index (χ1) is 7.61. The molecule has 0 aliphatic carbocycles. The Hall–Kier alpha value is -1.36. The second-order valence-corrected chi connectivity index (χ2v) is 4.02. The Morgan fingerprint density at radius 1 is 1.62 bits per heavy atom. The second-order valence-electron chi connectivity index (χ2n) is 4.02. The third kappa shape index (κ3) is 4.44. The Bertz CT molecular complexity index is 334. The van der Waals surface area contributed by atoms with E-state index in [0.717, 1.165) is 5.56 Å². The van der Waals surface area contributed by atoms with Crippen LogP contribution < -0.4 is 10.6 Å². The highest BCUT2D eigenvalue weighted by Gasteiger charge is 2.04. The summed E-state index contributed by atoms with van der Waals surface area (Å²) < 4.78 is 1.79. The van der Waals surface area contributed by atoms with E-state index in [1.807, 2.05) is 27.1 Å². The van der Waals surface area contributed by atoms with Gasteiger partial charge < -0.3 is 10.6 Å². The lowest BCUT2D eigenvalue weighted by atomic mass is 10.3. The van der Waals surface area contributed by atoms with Gasteiger partial charge in [-0.2, -0.15) is 5.10 Å². The van der Waals surface area contributed by atoms with Crippen molar-refractivity contribution in [2.45, 2.75) is 32.9 Å². The van der Waals surface area contributed by atoms with Gasteiger partial charge in [0.15, 0.2) is 0 Å². The highest BCUT2D eigenvalue weighted by molar-refractivity contribution is 5.75. The second kappa shape index (κ2) is 6.27. The molecule has 0 aliphatic rings. The highest BCUT2D eigenvalue weighted by atomic mass is 16.1. The van der Waals surface area contributed by atoms with E-state index < -0.39 is 0 Å². The van der Waals surface area contributed by atoms with Crippen molar-refractivity contribution in [2.24, 2.45) is 0 Å². The zero-order valence-electron chi connectivity index (χ0n) is 10.2. The van der Waals surface area contributed by atoms with Crippen LogP contribution >= 0.6 is 0 Å². The minimum absolute atomic E-state index is 0.0650. The number of hydrogen-bond donors (Lipinski definition) is 2. The average molecular weight is 224 g/mol. The molecule has 90 valence electrons. The first kappa shape index (κ1) is 12.7. The molecule has 5 heteroatoms. The van der Waals surface area contributed by atoms with Crippen LogP contribution in [0.1, 0.15) is 18.9 Å². The normalized spacial score (nSPS) is 12.4. The van der Waals surface area contributed by atoms with Crippen LogP contribution in [0.5, 0.6) is 0 Å². The number of hydrogen-bond acceptors (Lipinski definition) is 3. The number of likely N-dealkylation sites (N-methyl/N-ethyl adjacent to an activating group) is 1. The summed E-state index contributed by atoms with van der Waals surface area (Å²) in [5.74, 6) is 0.0650. The van der Waals surface area contributed by atoms with Crippen molar-refractivity contribution in [3.63, 3.8) is 0 Å². The number of carbonyl (C=O) groups excluding carboxylic acids is 1. The van der Waals surface area contributed by atoms with Crippen LogP contribution in [0.4, 0.5) is 0 Å². The SMILES string of the molecule is CNC(C)CNC(=O)CCn1cc(C)cn1. The summed E-state index contributed by atoms with van der Waals surface area (Å²) in [6.07, 6.45) is 4.20. The molecule has 0 saturated heterocycles. The number of aromatic nitrogens is 2. The van der Waals surface area contributed by atoms with E-state index in [1.165, 1.54) is 0 Å². The van der Waals surface area contributed by atoms with Crippen molar-refractivity contribution >= 4 is 5.91 Å². The first-order valence-electron chi connectivity index (χ1n) is 5.55. The minimum Gasteiger partial charge on any atom is -0.354 e. The number of nitrogens with one attached hydrogen (secondary N) is 2. The maximum Gasteiger partial charge on any atom is 0.221 e. The lowest BCUT2D eigenvalue weighted by Crippen LogP contribution is -2.37. The number of amides is 1. The van der Waals surface area contributed by atoms with Gasteiger partial charge in [-0.1, -0.05) is 0 Å². The summed E-state index contributed by atoms with van der Waals surface area (Å²) in [7, 11) is 1.88. The van der Waals surface area contributed by atoms with Crippen LogP contribution in [0.25, 0.3) is 0 Å². The summed E-state index contributed by atoms with van der Waals surface area (Å²) in [6.45, 7) is 5.30. The summed E-state index contributed by atoms with van der Waals surface area (Å²) in [5.41, 5.74) is 1.12. The molecule has 0 bridgehead atoms. The Morgan fingerprint density at radius 2 is 2.38 bits per heavy atom. The third-order valence-corrected chi connectivity index (χ3v) is 2.43. The number of rotatable bonds is 6. The van der Waals surface area contributed by atoms with Crippen molar-refractivity contribution in [1.29, 1.82) is 0 Å². The molecule has 0 fully saturated rings. The molecule has 5 nitrogen and oxygen atoms in total. The van der Waals surface area contributed by atoms with Gasteiger partial charge >= 0.3 is 0 Å². The van der Waals surface area contributed by atoms with Crippen LogP contribution in [0.15, 0.2) is 12.4 Å². The van der Waals surface area contributed by atoms with Crippen LogP contribution in [0, 0.1) is 6.92 Å². The fourth-order valence-corrected chi connectivity index (χ4v) is 1.26. The maximum atomic E-state index is 11.5. The molecule has 1 atom stereocenters. The monoisotopic (exact) mass is 224 g/mol. The number of nitrogens with zero attached hydrogens (tertiary/aromatic N) is 2. The van der Waals surface area contributed by atoms with Gasteiger partial charge in [-0.25, -0.2) is 0 Å². The molecule has 1 unspecified atom stereocenters. The molecule has 0 spiro atoms. The third-order valence-electron chi connectivity index (χ3n) is 2.43. The highest BCUT2D eigenvalue weighted by Crippen LogP contribution is 1.95.